The Kier molecular flexibility index (Phi) is 9.66. The van der Waals surface area contributed by atoms with Crippen molar-refractivity contribution in [3.05, 3.63) is 53.6 Å². The number of nitrogens with one attached hydrogen (secondary N) is 1. The van der Waals surface area contributed by atoms with Crippen LogP contribution in [0, 0.1) is 5.92 Å². The molecule has 0 saturated carbocycles. The Morgan fingerprint density at radius 3 is 2.76 bits per heavy atom. The molecule has 0 aliphatic carbocycles. The average Bonchev–Trinajstić information content (AvgIpc) is 2.92. The van der Waals surface area contributed by atoms with Gasteiger partial charge in [-0.3, -0.25) is 4.79 Å². The van der Waals surface area contributed by atoms with Crippen LogP contribution in [0.4, 0.5) is 5.69 Å². The summed E-state index contributed by atoms with van der Waals surface area (Å²) in [5, 5.41) is 3.60. The predicted octanol–water partition coefficient (Wildman–Crippen LogP) is 3.47. The third kappa shape index (κ3) is 7.15. The van der Waals surface area contributed by atoms with Gasteiger partial charge < -0.3 is 34.9 Å². The number of fused-ring (bicyclic) bond motifs is 1. The number of ether oxygens (including phenoxy) is 4. The van der Waals surface area contributed by atoms with E-state index in [-0.39, 0.29) is 29.9 Å². The first-order chi connectivity index (χ1) is 18.0. The van der Waals surface area contributed by atoms with Gasteiger partial charge in [-0.15, -0.1) is 0 Å². The lowest BCUT2D eigenvalue weighted by Gasteiger charge is -2.38. The van der Waals surface area contributed by atoms with E-state index in [2.05, 4.69) is 40.5 Å². The van der Waals surface area contributed by atoms with Crippen LogP contribution in [0.15, 0.2) is 42.5 Å². The Labute approximate surface area is 220 Å². The van der Waals surface area contributed by atoms with Crippen LogP contribution in [0.5, 0.6) is 11.5 Å². The lowest BCUT2D eigenvalue weighted by molar-refractivity contribution is -0.121. The minimum atomic E-state index is -0.256. The first-order valence-corrected chi connectivity index (χ1v) is 13.3. The molecule has 1 amide bonds. The first-order valence-electron chi connectivity index (χ1n) is 13.3. The molecule has 4 atom stereocenters. The number of hydrogen-bond donors (Lipinski definition) is 2. The Morgan fingerprint density at radius 1 is 1.22 bits per heavy atom. The van der Waals surface area contributed by atoms with Crippen molar-refractivity contribution in [1.82, 2.24) is 5.32 Å². The minimum Gasteiger partial charge on any atom is -0.497 e. The van der Waals surface area contributed by atoms with E-state index in [9.17, 15) is 4.79 Å². The SMILES string of the molecule is COCCCN1CCOc2ccc(CO[C@H]3CN[C@@H](CC(C)C(N)=O)C[C@@H]3c3ccc(OC)cc3)cc21. The molecule has 37 heavy (non-hydrogen) atoms. The number of methoxy groups -OCH3 is 2. The number of carbonyl (C=O) groups is 1. The first kappa shape index (κ1) is 27.2. The van der Waals surface area contributed by atoms with E-state index in [1.165, 1.54) is 5.56 Å². The second kappa shape index (κ2) is 13.1. The van der Waals surface area contributed by atoms with Gasteiger partial charge in [0.25, 0.3) is 0 Å². The molecule has 0 radical (unpaired) electrons. The van der Waals surface area contributed by atoms with Gasteiger partial charge in [-0.25, -0.2) is 0 Å². The van der Waals surface area contributed by atoms with Gasteiger partial charge in [0, 0.05) is 44.7 Å². The topological polar surface area (TPSA) is 95.3 Å². The highest BCUT2D eigenvalue weighted by Gasteiger charge is 2.33. The molecule has 0 aromatic heterocycles. The second-order valence-electron chi connectivity index (χ2n) is 10.1. The fourth-order valence-electron chi connectivity index (χ4n) is 5.31. The molecule has 1 saturated heterocycles. The van der Waals surface area contributed by atoms with Crippen molar-refractivity contribution in [2.24, 2.45) is 11.7 Å². The van der Waals surface area contributed by atoms with Crippen LogP contribution < -0.4 is 25.4 Å². The number of rotatable bonds is 12. The number of nitrogens with two attached hydrogens (primary N) is 1. The molecule has 2 aromatic rings. The molecule has 3 N–H and O–H groups in total. The molecule has 8 nitrogen and oxygen atoms in total. The Balaban J connectivity index is 1.46. The van der Waals surface area contributed by atoms with E-state index < -0.39 is 0 Å². The van der Waals surface area contributed by atoms with Gasteiger partial charge in [0.05, 0.1) is 32.1 Å². The summed E-state index contributed by atoms with van der Waals surface area (Å²) in [6.45, 7) is 6.38. The summed E-state index contributed by atoms with van der Waals surface area (Å²) >= 11 is 0. The summed E-state index contributed by atoms with van der Waals surface area (Å²) in [7, 11) is 3.41. The minimum absolute atomic E-state index is 0.00128. The molecule has 0 bridgehead atoms. The summed E-state index contributed by atoms with van der Waals surface area (Å²) in [4.78, 5) is 14.0. The van der Waals surface area contributed by atoms with Crippen LogP contribution >= 0.6 is 0 Å². The highest BCUT2D eigenvalue weighted by molar-refractivity contribution is 5.76. The zero-order valence-corrected chi connectivity index (χ0v) is 22.3. The third-order valence-corrected chi connectivity index (χ3v) is 7.49. The maximum atomic E-state index is 11.7. The summed E-state index contributed by atoms with van der Waals surface area (Å²) in [6, 6.07) is 14.8. The zero-order valence-electron chi connectivity index (χ0n) is 22.3. The molecule has 202 valence electrons. The van der Waals surface area contributed by atoms with Crippen molar-refractivity contribution in [3.63, 3.8) is 0 Å². The van der Waals surface area contributed by atoms with Crippen LogP contribution in [-0.2, 0) is 20.9 Å². The number of primary amides is 1. The molecular weight excluding hydrogens is 470 g/mol. The fourth-order valence-corrected chi connectivity index (χ4v) is 5.31. The molecule has 4 rings (SSSR count). The Morgan fingerprint density at radius 2 is 2.03 bits per heavy atom. The van der Waals surface area contributed by atoms with Gasteiger partial charge in [0.15, 0.2) is 0 Å². The van der Waals surface area contributed by atoms with E-state index in [0.29, 0.717) is 19.8 Å². The van der Waals surface area contributed by atoms with Crippen LogP contribution in [0.3, 0.4) is 0 Å². The summed E-state index contributed by atoms with van der Waals surface area (Å²) in [5.74, 6) is 1.53. The molecule has 0 spiro atoms. The van der Waals surface area contributed by atoms with Gasteiger partial charge in [0.1, 0.15) is 18.1 Å². The van der Waals surface area contributed by atoms with Crippen molar-refractivity contribution < 1.29 is 23.7 Å². The lowest BCUT2D eigenvalue weighted by Crippen LogP contribution is -2.48. The van der Waals surface area contributed by atoms with Crippen LogP contribution in [-0.4, -0.2) is 65.1 Å². The van der Waals surface area contributed by atoms with Crippen molar-refractivity contribution in [2.45, 2.75) is 50.9 Å². The predicted molar refractivity (Wildman–Crippen MR) is 144 cm³/mol. The van der Waals surface area contributed by atoms with E-state index in [1.807, 2.05) is 19.1 Å². The maximum Gasteiger partial charge on any atom is 0.220 e. The normalized spacial score (nSPS) is 22.1. The van der Waals surface area contributed by atoms with Gasteiger partial charge in [-0.2, -0.15) is 0 Å². The molecule has 2 aliphatic heterocycles. The number of nitrogens with zero attached hydrogens (tertiary/aromatic N) is 1. The number of benzene rings is 2. The van der Waals surface area contributed by atoms with Gasteiger partial charge in [-0.1, -0.05) is 25.1 Å². The quantitative estimate of drug-likeness (QED) is 0.421. The smallest absolute Gasteiger partial charge is 0.220 e. The highest BCUT2D eigenvalue weighted by Crippen LogP contribution is 2.35. The fraction of sp³-hybridized carbons (Fsp3) is 0.552. The van der Waals surface area contributed by atoms with Crippen molar-refractivity contribution in [2.75, 3.05) is 52.0 Å². The molecular formula is C29H41N3O5. The second-order valence-corrected chi connectivity index (χ2v) is 10.1. The van der Waals surface area contributed by atoms with Gasteiger partial charge in [-0.05, 0) is 54.7 Å². The number of amides is 1. The monoisotopic (exact) mass is 511 g/mol. The third-order valence-electron chi connectivity index (χ3n) is 7.49. The average molecular weight is 512 g/mol. The van der Waals surface area contributed by atoms with Crippen LogP contribution in [0.2, 0.25) is 0 Å². The molecule has 8 heteroatoms. The standard InChI is InChI=1S/C29H41N3O5/c1-20(29(30)33)15-23-17-25(22-6-8-24(35-3)9-7-22)28(18-31-23)37-19-21-5-10-27-26(16-21)32(12-14-36-27)11-4-13-34-2/h5-10,16,20,23,25,28,31H,4,11-15,17-19H2,1-3H3,(H2,30,33)/t20?,23-,25+,28-/m0/s1. The van der Waals surface area contributed by atoms with Crippen molar-refractivity contribution in [1.29, 1.82) is 0 Å². The highest BCUT2D eigenvalue weighted by atomic mass is 16.5. The molecule has 1 unspecified atom stereocenters. The van der Waals surface area contributed by atoms with Crippen molar-refractivity contribution in [3.8, 4) is 11.5 Å². The van der Waals surface area contributed by atoms with Crippen LogP contribution in [0.25, 0.3) is 0 Å². The van der Waals surface area contributed by atoms with E-state index in [1.54, 1.807) is 14.2 Å². The largest absolute Gasteiger partial charge is 0.497 e. The van der Waals surface area contributed by atoms with Gasteiger partial charge in [0.2, 0.25) is 5.91 Å². The number of hydrogen-bond acceptors (Lipinski definition) is 7. The van der Waals surface area contributed by atoms with E-state index in [4.69, 9.17) is 24.7 Å². The Hall–Kier alpha value is -2.81. The molecule has 2 aliphatic rings. The number of anilines is 1. The summed E-state index contributed by atoms with van der Waals surface area (Å²) in [5.41, 5.74) is 9.00. The summed E-state index contributed by atoms with van der Waals surface area (Å²) in [6.07, 6.45) is 2.57. The lowest BCUT2D eigenvalue weighted by atomic mass is 9.81. The summed E-state index contributed by atoms with van der Waals surface area (Å²) < 4.78 is 23.0. The van der Waals surface area contributed by atoms with E-state index in [0.717, 1.165) is 61.7 Å². The zero-order chi connectivity index (χ0) is 26.2. The van der Waals surface area contributed by atoms with E-state index >= 15 is 0 Å². The van der Waals surface area contributed by atoms with Crippen LogP contribution in [0.1, 0.15) is 43.2 Å². The molecule has 1 fully saturated rings. The van der Waals surface area contributed by atoms with Gasteiger partial charge >= 0.3 is 0 Å². The van der Waals surface area contributed by atoms with Crippen molar-refractivity contribution >= 4 is 11.6 Å². The maximum absolute atomic E-state index is 11.7. The molecule has 2 heterocycles. The number of piperidine rings is 1. The molecule has 2 aromatic carbocycles. The Bertz CT molecular complexity index is 1020. The number of carbonyl (C=O) groups excluding carboxylic acids is 1.